The maximum Gasteiger partial charge on any atom is 0.306 e. The Morgan fingerprint density at radius 3 is 2.60 bits per heavy atom. The number of aliphatic carboxylic acids is 1. The maximum atomic E-state index is 12.2. The summed E-state index contributed by atoms with van der Waals surface area (Å²) < 4.78 is 0. The number of carbonyl (C=O) groups excluding carboxylic acids is 1. The van der Waals surface area contributed by atoms with Crippen LogP contribution >= 0.6 is 23.2 Å². The number of anilines is 1. The molecule has 0 spiro atoms. The number of carboxylic acids is 1. The van der Waals surface area contributed by atoms with Crippen molar-refractivity contribution in [1.29, 1.82) is 0 Å². The smallest absolute Gasteiger partial charge is 0.306 e. The average Bonchev–Trinajstić information content (AvgIpc) is 2.43. The molecule has 2 unspecified atom stereocenters. The number of hydrogen-bond acceptors (Lipinski definition) is 2. The van der Waals surface area contributed by atoms with Crippen LogP contribution in [0, 0.1) is 11.8 Å². The first-order chi connectivity index (χ1) is 9.47. The van der Waals surface area contributed by atoms with E-state index in [4.69, 9.17) is 28.3 Å². The Morgan fingerprint density at radius 1 is 1.20 bits per heavy atom. The molecule has 0 saturated heterocycles. The zero-order valence-corrected chi connectivity index (χ0v) is 12.2. The highest BCUT2D eigenvalue weighted by Gasteiger charge is 2.31. The molecule has 1 aromatic rings. The van der Waals surface area contributed by atoms with Gasteiger partial charge in [0.25, 0.3) is 0 Å². The Bertz CT molecular complexity index is 533. The van der Waals surface area contributed by atoms with Crippen molar-refractivity contribution in [3.8, 4) is 0 Å². The van der Waals surface area contributed by atoms with Crippen molar-refractivity contribution in [2.45, 2.75) is 25.7 Å². The van der Waals surface area contributed by atoms with Gasteiger partial charge in [-0.2, -0.15) is 0 Å². The molecule has 1 fully saturated rings. The molecule has 2 atom stereocenters. The number of benzene rings is 1. The fraction of sp³-hybridized carbons (Fsp3) is 0.429. The molecule has 108 valence electrons. The molecule has 0 aliphatic heterocycles. The normalized spacial score (nSPS) is 22.3. The third-order valence-electron chi connectivity index (χ3n) is 3.58. The van der Waals surface area contributed by atoms with E-state index in [0.717, 1.165) is 6.42 Å². The lowest BCUT2D eigenvalue weighted by Gasteiger charge is -2.25. The molecule has 0 radical (unpaired) electrons. The van der Waals surface area contributed by atoms with Gasteiger partial charge in [-0.15, -0.1) is 0 Å². The molecule has 1 aliphatic rings. The molecule has 0 heterocycles. The van der Waals surface area contributed by atoms with Gasteiger partial charge in [0.1, 0.15) is 0 Å². The van der Waals surface area contributed by atoms with E-state index in [9.17, 15) is 9.59 Å². The molecule has 1 aromatic carbocycles. The highest BCUT2D eigenvalue weighted by atomic mass is 35.5. The van der Waals surface area contributed by atoms with E-state index in [0.29, 0.717) is 35.0 Å². The lowest BCUT2D eigenvalue weighted by molar-refractivity contribution is -0.143. The highest BCUT2D eigenvalue weighted by molar-refractivity contribution is 6.35. The van der Waals surface area contributed by atoms with E-state index in [2.05, 4.69) is 5.32 Å². The van der Waals surface area contributed by atoms with Crippen LogP contribution in [-0.4, -0.2) is 17.0 Å². The van der Waals surface area contributed by atoms with Crippen LogP contribution in [0.4, 0.5) is 5.69 Å². The summed E-state index contributed by atoms with van der Waals surface area (Å²) in [6.07, 6.45) is 2.46. The molecule has 20 heavy (non-hydrogen) atoms. The van der Waals surface area contributed by atoms with Crippen molar-refractivity contribution in [2.75, 3.05) is 5.32 Å². The first-order valence-corrected chi connectivity index (χ1v) is 7.21. The molecule has 0 aromatic heterocycles. The van der Waals surface area contributed by atoms with Crippen LogP contribution < -0.4 is 5.32 Å². The Kier molecular flexibility index (Phi) is 4.89. The van der Waals surface area contributed by atoms with Crippen molar-refractivity contribution in [1.82, 2.24) is 0 Å². The molecule has 2 N–H and O–H groups in total. The second-order valence-corrected chi connectivity index (χ2v) is 5.86. The Morgan fingerprint density at radius 2 is 1.90 bits per heavy atom. The van der Waals surface area contributed by atoms with Crippen LogP contribution in [0.1, 0.15) is 25.7 Å². The SMILES string of the molecule is O=C(O)C1CCCC(C(=O)Nc2cc(Cl)ccc2Cl)C1. The molecule has 1 aliphatic carbocycles. The van der Waals surface area contributed by atoms with Crippen molar-refractivity contribution >= 4 is 40.8 Å². The highest BCUT2D eigenvalue weighted by Crippen LogP contribution is 2.31. The van der Waals surface area contributed by atoms with Gasteiger partial charge in [-0.1, -0.05) is 29.6 Å². The van der Waals surface area contributed by atoms with E-state index in [1.165, 1.54) is 0 Å². The number of nitrogens with one attached hydrogen (secondary N) is 1. The summed E-state index contributed by atoms with van der Waals surface area (Å²) in [6.45, 7) is 0. The van der Waals surface area contributed by atoms with E-state index in [1.54, 1.807) is 18.2 Å². The zero-order chi connectivity index (χ0) is 14.7. The van der Waals surface area contributed by atoms with Gasteiger partial charge in [0.2, 0.25) is 5.91 Å². The van der Waals surface area contributed by atoms with Gasteiger partial charge >= 0.3 is 5.97 Å². The summed E-state index contributed by atoms with van der Waals surface area (Å²) in [6, 6.07) is 4.83. The topological polar surface area (TPSA) is 66.4 Å². The monoisotopic (exact) mass is 315 g/mol. The van der Waals surface area contributed by atoms with Crippen molar-refractivity contribution < 1.29 is 14.7 Å². The van der Waals surface area contributed by atoms with Gasteiger partial charge in [-0.3, -0.25) is 9.59 Å². The molecular formula is C14H15Cl2NO3. The van der Waals surface area contributed by atoms with Gasteiger partial charge < -0.3 is 10.4 Å². The number of halogens is 2. The molecule has 1 saturated carbocycles. The van der Waals surface area contributed by atoms with Crippen LogP contribution in [0.25, 0.3) is 0 Å². The number of amides is 1. The summed E-state index contributed by atoms with van der Waals surface area (Å²) in [5, 5.41) is 12.7. The fourth-order valence-corrected chi connectivity index (χ4v) is 2.82. The minimum atomic E-state index is -0.830. The summed E-state index contributed by atoms with van der Waals surface area (Å²) in [7, 11) is 0. The molecule has 0 bridgehead atoms. The van der Waals surface area contributed by atoms with Crippen LogP contribution in [0.5, 0.6) is 0 Å². The van der Waals surface area contributed by atoms with Gasteiger partial charge in [0, 0.05) is 10.9 Å². The standard InChI is InChI=1S/C14H15Cl2NO3/c15-10-4-5-11(16)12(7-10)17-13(18)8-2-1-3-9(6-8)14(19)20/h4-5,7-9H,1-3,6H2,(H,17,18)(H,19,20). The lowest BCUT2D eigenvalue weighted by Crippen LogP contribution is -2.31. The predicted molar refractivity (Wildman–Crippen MR) is 78.2 cm³/mol. The molecule has 4 nitrogen and oxygen atoms in total. The Labute approximate surface area is 127 Å². The first kappa shape index (κ1) is 15.1. The van der Waals surface area contributed by atoms with Crippen molar-refractivity contribution in [3.63, 3.8) is 0 Å². The number of rotatable bonds is 3. The van der Waals surface area contributed by atoms with Gasteiger partial charge in [-0.05, 0) is 37.5 Å². The van der Waals surface area contributed by atoms with Gasteiger partial charge in [0.05, 0.1) is 16.6 Å². The minimum Gasteiger partial charge on any atom is -0.481 e. The second-order valence-electron chi connectivity index (χ2n) is 5.01. The van der Waals surface area contributed by atoms with Gasteiger partial charge in [-0.25, -0.2) is 0 Å². The Hall–Kier alpha value is -1.26. The van der Waals surface area contributed by atoms with E-state index >= 15 is 0 Å². The third-order valence-corrected chi connectivity index (χ3v) is 4.15. The van der Waals surface area contributed by atoms with E-state index < -0.39 is 11.9 Å². The van der Waals surface area contributed by atoms with Crippen molar-refractivity contribution in [2.24, 2.45) is 11.8 Å². The molecular weight excluding hydrogens is 301 g/mol. The summed E-state index contributed by atoms with van der Waals surface area (Å²) in [5.74, 6) is -1.75. The molecule has 1 amide bonds. The number of carboxylic acid groups (broad SMARTS) is 1. The second kappa shape index (κ2) is 6.46. The van der Waals surface area contributed by atoms with Crippen LogP contribution in [0.15, 0.2) is 18.2 Å². The minimum absolute atomic E-state index is 0.194. The molecule has 6 heteroatoms. The van der Waals surface area contributed by atoms with Crippen LogP contribution in [-0.2, 0) is 9.59 Å². The zero-order valence-electron chi connectivity index (χ0n) is 10.7. The number of carbonyl (C=O) groups is 2. The lowest BCUT2D eigenvalue weighted by atomic mass is 9.81. The third kappa shape index (κ3) is 3.64. The summed E-state index contributed by atoms with van der Waals surface area (Å²) in [4.78, 5) is 23.2. The van der Waals surface area contributed by atoms with E-state index in [1.807, 2.05) is 0 Å². The quantitative estimate of drug-likeness (QED) is 0.891. The first-order valence-electron chi connectivity index (χ1n) is 6.46. The average molecular weight is 316 g/mol. The van der Waals surface area contributed by atoms with E-state index in [-0.39, 0.29) is 11.8 Å². The summed E-state index contributed by atoms with van der Waals surface area (Å²) in [5.41, 5.74) is 0.460. The van der Waals surface area contributed by atoms with Crippen LogP contribution in [0.3, 0.4) is 0 Å². The molecule has 2 rings (SSSR count). The summed E-state index contributed by atoms with van der Waals surface area (Å²) >= 11 is 11.9. The van der Waals surface area contributed by atoms with Crippen LogP contribution in [0.2, 0.25) is 10.0 Å². The number of hydrogen-bond donors (Lipinski definition) is 2. The fourth-order valence-electron chi connectivity index (χ4n) is 2.48. The largest absolute Gasteiger partial charge is 0.481 e. The van der Waals surface area contributed by atoms with Gasteiger partial charge in [0.15, 0.2) is 0 Å². The maximum absolute atomic E-state index is 12.2. The van der Waals surface area contributed by atoms with Crippen molar-refractivity contribution in [3.05, 3.63) is 28.2 Å². The Balaban J connectivity index is 2.04. The predicted octanol–water partition coefficient (Wildman–Crippen LogP) is 3.82.